The molecule has 0 fully saturated rings. The number of carbonyl (C=O) groups is 1. The van der Waals surface area contributed by atoms with Crippen molar-refractivity contribution in [1.82, 2.24) is 5.32 Å². The molecule has 0 saturated heterocycles. The lowest BCUT2D eigenvalue weighted by atomic mass is 9.79. The Hall–Kier alpha value is -5.32. The van der Waals surface area contributed by atoms with Gasteiger partial charge in [-0.05, 0) is 81.7 Å². The Morgan fingerprint density at radius 3 is 2.27 bits per heavy atom. The topological polar surface area (TPSA) is 178 Å². The number of azide groups is 2. The maximum Gasteiger partial charge on any atom is 0.252 e. The molecule has 1 aliphatic heterocycles. The highest BCUT2D eigenvalue weighted by Gasteiger charge is 2.54. The van der Waals surface area contributed by atoms with Crippen molar-refractivity contribution in [1.29, 1.82) is 0 Å². The molecule has 2 atom stereocenters. The molecule has 12 nitrogen and oxygen atoms in total. The van der Waals surface area contributed by atoms with E-state index in [1.807, 2.05) is 84.9 Å². The van der Waals surface area contributed by atoms with E-state index in [4.69, 9.17) is 30.6 Å². The summed E-state index contributed by atoms with van der Waals surface area (Å²) in [6.07, 6.45) is 0.319. The van der Waals surface area contributed by atoms with E-state index in [2.05, 4.69) is 41.3 Å². The molecule has 0 spiro atoms. The monoisotopic (exact) mass is 722 g/mol. The third kappa shape index (κ3) is 8.78. The van der Waals surface area contributed by atoms with Gasteiger partial charge in [-0.15, -0.1) is 0 Å². The number of aliphatic imine (C=N–C) groups is 1. The second kappa shape index (κ2) is 17.2. The van der Waals surface area contributed by atoms with Gasteiger partial charge < -0.3 is 19.9 Å². The fourth-order valence-electron chi connectivity index (χ4n) is 5.71. The number of aliphatic hydroxyl groups is 1. The van der Waals surface area contributed by atoms with E-state index >= 15 is 0 Å². The summed E-state index contributed by atoms with van der Waals surface area (Å²) in [6, 6.07) is 30.0. The van der Waals surface area contributed by atoms with Gasteiger partial charge in [0.25, 0.3) is 5.91 Å². The smallest absolute Gasteiger partial charge is 0.252 e. The van der Waals surface area contributed by atoms with E-state index in [0.29, 0.717) is 48.4 Å². The number of amides is 1. The molecular formula is C36H35BrN8O4. The molecule has 4 aromatic carbocycles. The Kier molecular flexibility index (Phi) is 12.3. The Balaban J connectivity index is 1.60. The first kappa shape index (κ1) is 35.0. The zero-order valence-corrected chi connectivity index (χ0v) is 28.2. The van der Waals surface area contributed by atoms with Gasteiger partial charge in [0.15, 0.2) is 11.6 Å². The van der Waals surface area contributed by atoms with Crippen LogP contribution in [0.3, 0.4) is 0 Å². The van der Waals surface area contributed by atoms with Crippen LogP contribution in [0.5, 0.6) is 5.75 Å². The minimum atomic E-state index is -1.51. The molecule has 250 valence electrons. The summed E-state index contributed by atoms with van der Waals surface area (Å²) in [4.78, 5) is 25.7. The van der Waals surface area contributed by atoms with Crippen LogP contribution in [-0.2, 0) is 35.5 Å². The quantitative estimate of drug-likeness (QED) is 0.0521. The fourth-order valence-corrected chi connectivity index (χ4v) is 5.97. The molecule has 13 heteroatoms. The highest BCUT2D eigenvalue weighted by molar-refractivity contribution is 9.10. The molecule has 0 aromatic heterocycles. The summed E-state index contributed by atoms with van der Waals surface area (Å²) in [7, 11) is 0. The van der Waals surface area contributed by atoms with Crippen LogP contribution in [0.25, 0.3) is 20.9 Å². The molecule has 2 N–H and O–H groups in total. The third-order valence-corrected chi connectivity index (χ3v) is 8.70. The Morgan fingerprint density at radius 2 is 1.57 bits per heavy atom. The number of ether oxygens (including phenoxy) is 2. The molecule has 1 aliphatic rings. The van der Waals surface area contributed by atoms with Gasteiger partial charge in [-0.3, -0.25) is 4.79 Å². The van der Waals surface area contributed by atoms with Crippen molar-refractivity contribution in [3.63, 3.8) is 0 Å². The van der Waals surface area contributed by atoms with Gasteiger partial charge in [0, 0.05) is 45.9 Å². The van der Waals surface area contributed by atoms with E-state index in [-0.39, 0.29) is 37.9 Å². The van der Waals surface area contributed by atoms with E-state index < -0.39 is 11.6 Å². The van der Waals surface area contributed by atoms with E-state index in [1.54, 1.807) is 12.1 Å². The van der Waals surface area contributed by atoms with E-state index in [0.717, 1.165) is 21.2 Å². The van der Waals surface area contributed by atoms with Crippen LogP contribution >= 0.6 is 15.9 Å². The van der Waals surface area contributed by atoms with Crippen molar-refractivity contribution in [3.05, 3.63) is 156 Å². The zero-order chi connectivity index (χ0) is 34.5. The second-order valence-electron chi connectivity index (χ2n) is 11.3. The van der Waals surface area contributed by atoms with Crippen LogP contribution in [0.4, 0.5) is 0 Å². The number of benzene rings is 4. The van der Waals surface area contributed by atoms with Gasteiger partial charge in [-0.25, -0.2) is 4.99 Å². The average Bonchev–Trinajstić information content (AvgIpc) is 3.51. The first-order chi connectivity index (χ1) is 24.0. The van der Waals surface area contributed by atoms with Gasteiger partial charge in [0.2, 0.25) is 5.90 Å². The minimum Gasteiger partial charge on any atom is -0.494 e. The van der Waals surface area contributed by atoms with Crippen LogP contribution in [0.2, 0.25) is 0 Å². The lowest BCUT2D eigenvalue weighted by Crippen LogP contribution is -2.50. The molecule has 5 rings (SSSR count). The van der Waals surface area contributed by atoms with Crippen LogP contribution in [0.15, 0.2) is 117 Å². The second-order valence-corrected chi connectivity index (χ2v) is 12.3. The molecule has 0 unspecified atom stereocenters. The number of carbonyl (C=O) groups excluding carboxylic acids is 1. The maximum absolute atomic E-state index is 14.7. The number of rotatable bonds is 16. The van der Waals surface area contributed by atoms with Crippen LogP contribution in [0, 0.1) is 0 Å². The van der Waals surface area contributed by atoms with Crippen molar-refractivity contribution >= 4 is 27.7 Å². The number of halogens is 1. The summed E-state index contributed by atoms with van der Waals surface area (Å²) in [6.45, 7) is 0.902. The SMILES string of the molecule is [N-]=[N+]=NCc1ccccc1C[C@@]1(C(=O)NCCc2ccc(Br)cc2)N=C(c2ccc(OCCCO)cc2)O[C@@H]1c1ccccc1CN=[N+]=[N-]. The number of nitrogens with one attached hydrogen (secondary N) is 1. The van der Waals surface area contributed by atoms with Crippen LogP contribution in [-0.4, -0.2) is 42.2 Å². The summed E-state index contributed by atoms with van der Waals surface area (Å²) in [5, 5.41) is 19.9. The molecule has 0 radical (unpaired) electrons. The predicted octanol–water partition coefficient (Wildman–Crippen LogP) is 7.69. The third-order valence-electron chi connectivity index (χ3n) is 8.17. The first-order valence-corrected chi connectivity index (χ1v) is 16.6. The number of aliphatic hydroxyl groups excluding tert-OH is 1. The molecule has 49 heavy (non-hydrogen) atoms. The fraction of sp³-hybridized carbons (Fsp3) is 0.278. The summed E-state index contributed by atoms with van der Waals surface area (Å²) in [5.74, 6) is 0.544. The van der Waals surface area contributed by atoms with Gasteiger partial charge in [0.1, 0.15) is 5.75 Å². The normalized spacial score (nSPS) is 16.4. The van der Waals surface area contributed by atoms with Gasteiger partial charge >= 0.3 is 0 Å². The average molecular weight is 724 g/mol. The number of hydrogen-bond donors (Lipinski definition) is 2. The molecule has 0 aliphatic carbocycles. The van der Waals surface area contributed by atoms with Crippen molar-refractivity contribution < 1.29 is 19.4 Å². The molecule has 1 heterocycles. The largest absolute Gasteiger partial charge is 0.494 e. The van der Waals surface area contributed by atoms with Crippen LogP contribution in [0.1, 0.15) is 45.9 Å². The summed E-state index contributed by atoms with van der Waals surface area (Å²) < 4.78 is 13.4. The standard InChI is InChI=1S/C36H35BrN8O4/c37-30-14-10-25(11-15-30)18-19-40-35(47)36(22-27-6-1-2-7-28(27)23-41-44-38)33(32-9-4-3-8-29(32)24-42-45-39)49-34(43-36)26-12-16-31(17-13-26)48-21-5-20-46/h1-4,6-17,33,46H,5,18-24H2,(H,40,47)/t33-,36-/m1/s1. The minimum absolute atomic E-state index is 0.0323. The maximum atomic E-state index is 14.7. The van der Waals surface area contributed by atoms with E-state index in [1.165, 1.54) is 0 Å². The van der Waals surface area contributed by atoms with Crippen molar-refractivity contribution in [2.45, 2.75) is 44.0 Å². The van der Waals surface area contributed by atoms with Gasteiger partial charge in [0.05, 0.1) is 19.7 Å². The highest BCUT2D eigenvalue weighted by atomic mass is 79.9. The summed E-state index contributed by atoms with van der Waals surface area (Å²) in [5.41, 5.74) is 21.3. The van der Waals surface area contributed by atoms with Gasteiger partial charge in [-0.1, -0.05) is 86.8 Å². The zero-order valence-electron chi connectivity index (χ0n) is 26.7. The summed E-state index contributed by atoms with van der Waals surface area (Å²) >= 11 is 3.47. The van der Waals surface area contributed by atoms with Crippen molar-refractivity contribution in [3.8, 4) is 5.75 Å². The first-order valence-electron chi connectivity index (χ1n) is 15.8. The Labute approximate surface area is 292 Å². The molecular weight excluding hydrogens is 688 g/mol. The lowest BCUT2D eigenvalue weighted by Gasteiger charge is -2.32. The lowest BCUT2D eigenvalue weighted by molar-refractivity contribution is -0.128. The highest BCUT2D eigenvalue weighted by Crippen LogP contribution is 2.44. The molecule has 0 bridgehead atoms. The van der Waals surface area contributed by atoms with Gasteiger partial charge in [-0.2, -0.15) is 0 Å². The molecule has 1 amide bonds. The van der Waals surface area contributed by atoms with Crippen LogP contribution < -0.4 is 10.1 Å². The molecule has 4 aromatic rings. The van der Waals surface area contributed by atoms with Crippen molar-refractivity contribution in [2.75, 3.05) is 19.8 Å². The molecule has 0 saturated carbocycles. The predicted molar refractivity (Wildman–Crippen MR) is 190 cm³/mol. The number of hydrogen-bond acceptors (Lipinski definition) is 7. The van der Waals surface area contributed by atoms with E-state index in [9.17, 15) is 4.79 Å². The number of nitrogens with zero attached hydrogens (tertiary/aromatic N) is 7. The Bertz CT molecular complexity index is 1870. The Morgan fingerprint density at radius 1 is 0.918 bits per heavy atom. The van der Waals surface area contributed by atoms with Crippen molar-refractivity contribution in [2.24, 2.45) is 15.2 Å².